The Morgan fingerprint density at radius 2 is 1.81 bits per heavy atom. The molecule has 21 heavy (non-hydrogen) atoms. The summed E-state index contributed by atoms with van der Waals surface area (Å²) in [5.74, 6) is -0.843. The highest BCUT2D eigenvalue weighted by Gasteiger charge is 2.25. The van der Waals surface area contributed by atoms with Crippen molar-refractivity contribution in [3.63, 3.8) is 0 Å². The quantitative estimate of drug-likeness (QED) is 0.774. The molecule has 1 aliphatic rings. The number of hydrogen-bond donors (Lipinski definition) is 2. The van der Waals surface area contributed by atoms with E-state index in [1.165, 1.54) is 0 Å². The monoisotopic (exact) mass is 301 g/mol. The molecule has 0 aromatic heterocycles. The molecule has 1 aliphatic heterocycles. The van der Waals surface area contributed by atoms with Crippen LogP contribution in [0.1, 0.15) is 27.7 Å². The molecule has 0 aromatic rings. The molecule has 0 spiro atoms. The van der Waals surface area contributed by atoms with Gasteiger partial charge in [0, 0.05) is 39.3 Å². The summed E-state index contributed by atoms with van der Waals surface area (Å²) in [5.41, 5.74) is -0.467. The molecule has 7 heteroatoms. The Balaban J connectivity index is 2.23. The van der Waals surface area contributed by atoms with E-state index in [4.69, 9.17) is 9.84 Å². The topological polar surface area (TPSA) is 82.1 Å². The summed E-state index contributed by atoms with van der Waals surface area (Å²) in [6.07, 6.45) is -0.264. The largest absolute Gasteiger partial charge is 0.480 e. The molecular formula is C14H27N3O4. The first kappa shape index (κ1) is 17.7. The van der Waals surface area contributed by atoms with Crippen molar-refractivity contribution in [1.29, 1.82) is 0 Å². The Hall–Kier alpha value is -1.34. The number of piperazine rings is 1. The third-order valence-electron chi connectivity index (χ3n) is 3.27. The highest BCUT2D eigenvalue weighted by atomic mass is 16.6. The normalized spacial score (nSPS) is 18.4. The van der Waals surface area contributed by atoms with Gasteiger partial charge in [-0.15, -0.1) is 0 Å². The number of carbonyl (C=O) groups is 2. The Morgan fingerprint density at radius 3 is 2.29 bits per heavy atom. The molecule has 1 fully saturated rings. The number of aliphatic carboxylic acids is 1. The number of hydrogen-bond acceptors (Lipinski definition) is 5. The fourth-order valence-corrected chi connectivity index (χ4v) is 2.01. The Kier molecular flexibility index (Phi) is 6.42. The van der Waals surface area contributed by atoms with Crippen molar-refractivity contribution in [2.75, 3.05) is 39.3 Å². The van der Waals surface area contributed by atoms with Crippen LogP contribution in [0.5, 0.6) is 0 Å². The van der Waals surface area contributed by atoms with E-state index in [-0.39, 0.29) is 6.09 Å². The van der Waals surface area contributed by atoms with Crippen molar-refractivity contribution in [3.8, 4) is 0 Å². The molecule has 1 unspecified atom stereocenters. The van der Waals surface area contributed by atoms with Crippen molar-refractivity contribution in [2.24, 2.45) is 0 Å². The molecule has 1 heterocycles. The van der Waals surface area contributed by atoms with E-state index in [2.05, 4.69) is 10.2 Å². The summed E-state index contributed by atoms with van der Waals surface area (Å²) in [5, 5.41) is 11.7. The maximum Gasteiger partial charge on any atom is 0.410 e. The predicted molar refractivity (Wildman–Crippen MR) is 79.3 cm³/mol. The zero-order valence-corrected chi connectivity index (χ0v) is 13.4. The highest BCUT2D eigenvalue weighted by Crippen LogP contribution is 2.11. The second-order valence-electron chi connectivity index (χ2n) is 6.32. The lowest BCUT2D eigenvalue weighted by atomic mass is 10.2. The van der Waals surface area contributed by atoms with Crippen molar-refractivity contribution < 1.29 is 19.4 Å². The van der Waals surface area contributed by atoms with Crippen LogP contribution in [0.15, 0.2) is 0 Å². The van der Waals surface area contributed by atoms with E-state index in [1.807, 2.05) is 20.8 Å². The lowest BCUT2D eigenvalue weighted by molar-refractivity contribution is -0.139. The fourth-order valence-electron chi connectivity index (χ4n) is 2.01. The Morgan fingerprint density at radius 1 is 1.24 bits per heavy atom. The molecule has 1 rings (SSSR count). The van der Waals surface area contributed by atoms with Gasteiger partial charge in [0.2, 0.25) is 0 Å². The highest BCUT2D eigenvalue weighted by molar-refractivity contribution is 5.72. The van der Waals surface area contributed by atoms with Crippen LogP contribution >= 0.6 is 0 Å². The number of carboxylic acids is 1. The smallest absolute Gasteiger partial charge is 0.410 e. The van der Waals surface area contributed by atoms with E-state index in [9.17, 15) is 9.59 Å². The maximum atomic E-state index is 11.9. The van der Waals surface area contributed by atoms with Crippen molar-refractivity contribution in [3.05, 3.63) is 0 Å². The summed E-state index contributed by atoms with van der Waals surface area (Å²) in [7, 11) is 0. The molecule has 7 nitrogen and oxygen atoms in total. The van der Waals surface area contributed by atoms with Gasteiger partial charge in [-0.2, -0.15) is 0 Å². The number of ether oxygens (including phenoxy) is 1. The van der Waals surface area contributed by atoms with Gasteiger partial charge in [0.1, 0.15) is 11.6 Å². The zero-order chi connectivity index (χ0) is 16.0. The van der Waals surface area contributed by atoms with Crippen LogP contribution in [0, 0.1) is 0 Å². The van der Waals surface area contributed by atoms with Crippen LogP contribution in [-0.4, -0.2) is 77.9 Å². The Bertz CT molecular complexity index is 360. The summed E-state index contributed by atoms with van der Waals surface area (Å²) in [4.78, 5) is 26.5. The average Bonchev–Trinajstić information content (AvgIpc) is 2.37. The van der Waals surface area contributed by atoms with Gasteiger partial charge in [-0.25, -0.2) is 4.79 Å². The Labute approximate surface area is 126 Å². The minimum Gasteiger partial charge on any atom is -0.480 e. The van der Waals surface area contributed by atoms with Gasteiger partial charge < -0.3 is 20.1 Å². The van der Waals surface area contributed by atoms with Crippen LogP contribution in [0.4, 0.5) is 4.79 Å². The molecule has 0 bridgehead atoms. The molecule has 0 aromatic carbocycles. The number of carboxylic acid groups (broad SMARTS) is 1. The second-order valence-corrected chi connectivity index (χ2v) is 6.32. The van der Waals surface area contributed by atoms with E-state index in [0.717, 1.165) is 19.6 Å². The van der Waals surface area contributed by atoms with Crippen molar-refractivity contribution in [2.45, 2.75) is 39.3 Å². The third-order valence-corrected chi connectivity index (χ3v) is 3.27. The van der Waals surface area contributed by atoms with Gasteiger partial charge in [-0.3, -0.25) is 9.69 Å². The average molecular weight is 301 g/mol. The van der Waals surface area contributed by atoms with Gasteiger partial charge in [0.05, 0.1) is 0 Å². The molecule has 0 aliphatic carbocycles. The third kappa shape index (κ3) is 6.77. The molecule has 122 valence electrons. The first-order chi connectivity index (χ1) is 9.69. The molecule has 1 amide bonds. The van der Waals surface area contributed by atoms with E-state index in [1.54, 1.807) is 11.8 Å². The van der Waals surface area contributed by atoms with Crippen LogP contribution < -0.4 is 5.32 Å². The standard InChI is InChI=1S/C14H27N3O4/c1-11(12(18)19)15-5-6-16-7-9-17(10-8-16)13(20)21-14(2,3)4/h11,15H,5-10H2,1-4H3,(H,18,19). The van der Waals surface area contributed by atoms with E-state index < -0.39 is 17.6 Å². The number of rotatable bonds is 5. The molecule has 1 atom stereocenters. The maximum absolute atomic E-state index is 11.9. The number of nitrogens with zero attached hydrogens (tertiary/aromatic N) is 2. The lowest BCUT2D eigenvalue weighted by Crippen LogP contribution is -2.51. The summed E-state index contributed by atoms with van der Waals surface area (Å²) >= 11 is 0. The SMILES string of the molecule is CC(NCCN1CCN(C(=O)OC(C)(C)C)CC1)C(=O)O. The first-order valence-corrected chi connectivity index (χ1v) is 7.35. The summed E-state index contributed by atoms with van der Waals surface area (Å²) in [6, 6.07) is -0.534. The molecule has 1 saturated heterocycles. The van der Waals surface area contributed by atoms with Crippen LogP contribution in [0.25, 0.3) is 0 Å². The van der Waals surface area contributed by atoms with E-state index >= 15 is 0 Å². The van der Waals surface area contributed by atoms with Crippen LogP contribution in [-0.2, 0) is 9.53 Å². The predicted octanol–water partition coefficient (Wildman–Crippen LogP) is 0.602. The molecule has 2 N–H and O–H groups in total. The van der Waals surface area contributed by atoms with Crippen LogP contribution in [0.2, 0.25) is 0 Å². The van der Waals surface area contributed by atoms with Crippen LogP contribution in [0.3, 0.4) is 0 Å². The van der Waals surface area contributed by atoms with Crippen molar-refractivity contribution in [1.82, 2.24) is 15.1 Å². The van der Waals surface area contributed by atoms with Gasteiger partial charge in [0.15, 0.2) is 0 Å². The van der Waals surface area contributed by atoms with Gasteiger partial charge in [0.25, 0.3) is 0 Å². The van der Waals surface area contributed by atoms with Gasteiger partial charge >= 0.3 is 12.1 Å². The molecule has 0 saturated carbocycles. The number of nitrogens with one attached hydrogen (secondary N) is 1. The minimum atomic E-state index is -0.843. The fraction of sp³-hybridized carbons (Fsp3) is 0.857. The van der Waals surface area contributed by atoms with E-state index in [0.29, 0.717) is 19.6 Å². The minimum absolute atomic E-state index is 0.264. The summed E-state index contributed by atoms with van der Waals surface area (Å²) in [6.45, 7) is 11.4. The lowest BCUT2D eigenvalue weighted by Gasteiger charge is -2.35. The molecular weight excluding hydrogens is 274 g/mol. The number of carbonyl (C=O) groups excluding carboxylic acids is 1. The number of amides is 1. The summed E-state index contributed by atoms with van der Waals surface area (Å²) < 4.78 is 5.34. The zero-order valence-electron chi connectivity index (χ0n) is 13.4. The van der Waals surface area contributed by atoms with Gasteiger partial charge in [-0.05, 0) is 27.7 Å². The first-order valence-electron chi connectivity index (χ1n) is 7.35. The second kappa shape index (κ2) is 7.61. The van der Waals surface area contributed by atoms with Gasteiger partial charge in [-0.1, -0.05) is 0 Å². The molecule has 0 radical (unpaired) electrons. The van der Waals surface area contributed by atoms with Crippen molar-refractivity contribution >= 4 is 12.1 Å².